The van der Waals surface area contributed by atoms with Gasteiger partial charge in [0.2, 0.25) is 11.1 Å². The van der Waals surface area contributed by atoms with Crippen LogP contribution in [0.25, 0.3) is 54.0 Å². The van der Waals surface area contributed by atoms with Crippen LogP contribution < -0.4 is 4.57 Å². The van der Waals surface area contributed by atoms with Gasteiger partial charge in [0.15, 0.2) is 5.52 Å². The summed E-state index contributed by atoms with van der Waals surface area (Å²) >= 11 is 0. The smallest absolute Gasteiger partial charge is 0.287 e. The first kappa shape index (κ1) is 19.0. The summed E-state index contributed by atoms with van der Waals surface area (Å²) < 4.78 is 4.56. The van der Waals surface area contributed by atoms with E-state index in [4.69, 9.17) is 11.6 Å². The highest BCUT2D eigenvalue weighted by Crippen LogP contribution is 2.40. The van der Waals surface area contributed by atoms with Gasteiger partial charge in [0.1, 0.15) is 5.52 Å². The average Bonchev–Trinajstić information content (AvgIpc) is 3.09. The fourth-order valence-corrected chi connectivity index (χ4v) is 5.39. The van der Waals surface area contributed by atoms with Gasteiger partial charge in [0.25, 0.3) is 6.33 Å². The molecule has 0 aliphatic rings. The first-order chi connectivity index (χ1) is 15.3. The predicted molar refractivity (Wildman–Crippen MR) is 131 cm³/mol. The highest BCUT2D eigenvalue weighted by molar-refractivity contribution is 6.25. The van der Waals surface area contributed by atoms with Gasteiger partial charge in [-0.25, -0.2) is 11.1 Å². The van der Waals surface area contributed by atoms with Crippen LogP contribution in [0.4, 0.5) is 0 Å². The number of hydrogen-bond acceptors (Lipinski definition) is 1. The number of pyridine rings is 1. The minimum atomic E-state index is -0.418. The van der Waals surface area contributed by atoms with E-state index in [-0.39, 0.29) is 0 Å². The van der Waals surface area contributed by atoms with Crippen LogP contribution in [0.3, 0.4) is 0 Å². The number of rotatable bonds is 2. The molecule has 4 heteroatoms. The van der Waals surface area contributed by atoms with Gasteiger partial charge in [-0.15, -0.1) is 0 Å². The molecule has 4 nitrogen and oxygen atoms in total. The molecule has 3 heterocycles. The van der Waals surface area contributed by atoms with Crippen molar-refractivity contribution in [3.63, 3.8) is 0 Å². The SMILES string of the molecule is [C-]#[N+]C(C)(C)Cc1ccc2c3nc[n+](C)c4c5c(C)c(C)cc6cccc(c65)n(c2c1)c34. The highest BCUT2D eigenvalue weighted by atomic mass is 15.0. The number of hydrogen-bond donors (Lipinski definition) is 0. The lowest BCUT2D eigenvalue weighted by Gasteiger charge is -2.15. The maximum Gasteiger partial charge on any atom is 0.287 e. The molecule has 0 spiro atoms. The van der Waals surface area contributed by atoms with Gasteiger partial charge in [-0.2, -0.15) is 0 Å². The second-order valence-corrected chi connectivity index (χ2v) is 9.76. The van der Waals surface area contributed by atoms with Gasteiger partial charge in [0.05, 0.1) is 29.9 Å². The zero-order valence-corrected chi connectivity index (χ0v) is 19.1. The number of fused-ring (bicyclic) bond motifs is 5. The van der Waals surface area contributed by atoms with Crippen molar-refractivity contribution in [3.8, 4) is 0 Å². The fraction of sp³-hybridized carbons (Fsp3) is 0.250. The molecule has 0 aliphatic carbocycles. The van der Waals surface area contributed by atoms with Crippen LogP contribution in [0, 0.1) is 20.4 Å². The lowest BCUT2D eigenvalue weighted by atomic mass is 9.95. The normalized spacial score (nSPS) is 12.6. The van der Waals surface area contributed by atoms with E-state index in [1.165, 1.54) is 49.4 Å². The minimum absolute atomic E-state index is 0.418. The van der Waals surface area contributed by atoms with Crippen molar-refractivity contribution in [2.45, 2.75) is 39.7 Å². The molecule has 0 bridgehead atoms. The van der Waals surface area contributed by atoms with Crippen molar-refractivity contribution in [3.05, 3.63) is 76.9 Å². The quantitative estimate of drug-likeness (QED) is 0.145. The summed E-state index contributed by atoms with van der Waals surface area (Å²) in [5, 5.41) is 5.04. The lowest BCUT2D eigenvalue weighted by molar-refractivity contribution is -0.647. The Balaban J connectivity index is 1.90. The van der Waals surface area contributed by atoms with Crippen molar-refractivity contribution >= 4 is 49.1 Å². The third-order valence-corrected chi connectivity index (χ3v) is 7.02. The van der Waals surface area contributed by atoms with E-state index in [1.807, 2.05) is 20.2 Å². The van der Waals surface area contributed by atoms with E-state index in [2.05, 4.69) is 77.2 Å². The molecule has 0 unspecified atom stereocenters. The number of aryl methyl sites for hydroxylation is 3. The van der Waals surface area contributed by atoms with Crippen LogP contribution in [-0.4, -0.2) is 14.9 Å². The summed E-state index contributed by atoms with van der Waals surface area (Å²) in [4.78, 5) is 8.70. The van der Waals surface area contributed by atoms with Crippen molar-refractivity contribution in [2.75, 3.05) is 0 Å². The molecule has 3 aromatic carbocycles. The van der Waals surface area contributed by atoms with E-state index >= 15 is 0 Å². The van der Waals surface area contributed by atoms with Gasteiger partial charge >= 0.3 is 0 Å². The predicted octanol–water partition coefficient (Wildman–Crippen LogP) is 6.07. The average molecular weight is 418 g/mol. The largest absolute Gasteiger partial charge is 0.311 e. The summed E-state index contributed by atoms with van der Waals surface area (Å²) in [7, 11) is 2.09. The zero-order valence-electron chi connectivity index (χ0n) is 19.1. The van der Waals surface area contributed by atoms with Crippen molar-refractivity contribution in [1.82, 2.24) is 9.38 Å². The Labute approximate surface area is 186 Å². The molecule has 0 amide bonds. The molecule has 3 aromatic heterocycles. The van der Waals surface area contributed by atoms with Crippen LogP contribution >= 0.6 is 0 Å². The highest BCUT2D eigenvalue weighted by Gasteiger charge is 2.27. The van der Waals surface area contributed by atoms with Crippen LogP contribution in [0.5, 0.6) is 0 Å². The van der Waals surface area contributed by atoms with Gasteiger partial charge < -0.3 is 9.25 Å². The standard InChI is InChI=1S/C28H25N4/c1-16-12-19-8-7-9-21-24(19)23(17(16)2)26-27-25(30-15-31(26)6)20-11-10-18(13-22(20)32(21)27)14-28(3,4)29-5/h7-13,15H,14H2,1-4,6H3/q+1. The third kappa shape index (κ3) is 2.37. The molecular weight excluding hydrogens is 392 g/mol. The molecule has 156 valence electrons. The Morgan fingerprint density at radius 1 is 1.06 bits per heavy atom. The van der Waals surface area contributed by atoms with Crippen LogP contribution in [-0.2, 0) is 13.5 Å². The number of nitrogens with zero attached hydrogens (tertiary/aromatic N) is 4. The Kier molecular flexibility index (Phi) is 3.67. The summed E-state index contributed by atoms with van der Waals surface area (Å²) in [6.45, 7) is 16.0. The van der Waals surface area contributed by atoms with E-state index in [0.717, 1.165) is 22.8 Å². The third-order valence-electron chi connectivity index (χ3n) is 7.02. The molecule has 0 aliphatic heterocycles. The van der Waals surface area contributed by atoms with Gasteiger partial charge in [-0.3, -0.25) is 0 Å². The minimum Gasteiger partial charge on any atom is -0.311 e. The van der Waals surface area contributed by atoms with Gasteiger partial charge in [-0.05, 0) is 59.1 Å². The molecular formula is C28H25N4+. The summed E-state index contributed by atoms with van der Waals surface area (Å²) in [5.41, 5.74) is 9.19. The maximum absolute atomic E-state index is 7.55. The number of aromatic nitrogens is 3. The lowest BCUT2D eigenvalue weighted by Crippen LogP contribution is -2.30. The second kappa shape index (κ2) is 6.17. The van der Waals surface area contributed by atoms with E-state index in [1.54, 1.807) is 0 Å². The van der Waals surface area contributed by atoms with Crippen LogP contribution in [0.15, 0.2) is 48.8 Å². The molecule has 0 atom stereocenters. The van der Waals surface area contributed by atoms with Crippen molar-refractivity contribution in [1.29, 1.82) is 0 Å². The van der Waals surface area contributed by atoms with E-state index in [0.29, 0.717) is 0 Å². The maximum atomic E-state index is 7.55. The van der Waals surface area contributed by atoms with E-state index < -0.39 is 5.54 Å². The van der Waals surface area contributed by atoms with Crippen molar-refractivity contribution in [2.24, 2.45) is 7.05 Å². The summed E-state index contributed by atoms with van der Waals surface area (Å²) in [5.74, 6) is 0. The zero-order chi connectivity index (χ0) is 22.4. The molecule has 0 fully saturated rings. The Hall–Kier alpha value is -3.71. The van der Waals surface area contributed by atoms with E-state index in [9.17, 15) is 0 Å². The topological polar surface area (TPSA) is 25.5 Å². The molecule has 0 saturated heterocycles. The first-order valence-corrected chi connectivity index (χ1v) is 11.0. The molecule has 6 aromatic rings. The molecule has 32 heavy (non-hydrogen) atoms. The monoisotopic (exact) mass is 417 g/mol. The Bertz CT molecular complexity index is 1760. The molecule has 6 rings (SSSR count). The second-order valence-electron chi connectivity index (χ2n) is 9.76. The fourth-order valence-electron chi connectivity index (χ4n) is 5.39. The molecule has 0 saturated carbocycles. The summed E-state index contributed by atoms with van der Waals surface area (Å²) in [6, 6.07) is 15.5. The Morgan fingerprint density at radius 3 is 2.66 bits per heavy atom. The van der Waals surface area contributed by atoms with Crippen LogP contribution in [0.1, 0.15) is 30.5 Å². The summed E-state index contributed by atoms with van der Waals surface area (Å²) in [6.07, 6.45) is 2.67. The van der Waals surface area contributed by atoms with Gasteiger partial charge in [0, 0.05) is 24.6 Å². The first-order valence-electron chi connectivity index (χ1n) is 11.0. The van der Waals surface area contributed by atoms with Gasteiger partial charge in [-0.1, -0.05) is 24.3 Å². The van der Waals surface area contributed by atoms with Crippen LogP contribution in [0.2, 0.25) is 0 Å². The number of benzene rings is 3. The Morgan fingerprint density at radius 2 is 1.88 bits per heavy atom. The molecule has 0 N–H and O–H groups in total. The van der Waals surface area contributed by atoms with Crippen molar-refractivity contribution < 1.29 is 4.57 Å². The molecule has 0 radical (unpaired) electrons.